The van der Waals surface area contributed by atoms with Gasteiger partial charge in [-0.05, 0) is 24.2 Å². The van der Waals surface area contributed by atoms with E-state index >= 15 is 0 Å². The Morgan fingerprint density at radius 2 is 1.87 bits per heavy atom. The summed E-state index contributed by atoms with van der Waals surface area (Å²) in [7, 11) is -5.08. The molecule has 0 aliphatic carbocycles. The van der Waals surface area contributed by atoms with E-state index < -0.39 is 19.9 Å². The Morgan fingerprint density at radius 3 is 2.27 bits per heavy atom. The fourth-order valence-electron chi connectivity index (χ4n) is 0.972. The molecule has 0 N–H and O–H groups in total. The summed E-state index contributed by atoms with van der Waals surface area (Å²) in [4.78, 5) is -0.188. The third kappa shape index (κ3) is 5.25. The Labute approximate surface area is 114 Å². The molecule has 15 heavy (non-hydrogen) atoms. The first-order valence-electron chi connectivity index (χ1n) is 4.16. The second-order valence-corrected chi connectivity index (χ2v) is 5.63. The van der Waals surface area contributed by atoms with Crippen molar-refractivity contribution in [1.82, 2.24) is 0 Å². The van der Waals surface area contributed by atoms with Crippen LogP contribution in [0.25, 0.3) is 0 Å². The quantitative estimate of drug-likeness (QED) is 0.410. The average molecular weight is 254 g/mol. The Bertz CT molecular complexity index is 390. The van der Waals surface area contributed by atoms with Gasteiger partial charge in [0.05, 0.1) is 4.90 Å². The van der Waals surface area contributed by atoms with Crippen molar-refractivity contribution in [3.63, 3.8) is 0 Å². The fraction of sp³-hybridized carbons (Fsp3) is 0.250. The van der Waals surface area contributed by atoms with Crippen molar-refractivity contribution in [3.05, 3.63) is 24.3 Å². The molecule has 1 rings (SSSR count). The van der Waals surface area contributed by atoms with Crippen LogP contribution in [-0.2, 0) is 14.5 Å². The Morgan fingerprint density at radius 1 is 1.33 bits per heavy atom. The van der Waals surface area contributed by atoms with E-state index in [-0.39, 0.29) is 34.5 Å². The van der Waals surface area contributed by atoms with E-state index in [0.29, 0.717) is 6.61 Å². The number of benzene rings is 1. The summed E-state index contributed by atoms with van der Waals surface area (Å²) < 4.78 is 37.0. The van der Waals surface area contributed by atoms with Crippen molar-refractivity contribution in [2.45, 2.75) is 11.8 Å². The molecular weight excluding hydrogens is 243 g/mol. The molecule has 0 saturated heterocycles. The maximum absolute atomic E-state index is 10.6. The predicted molar refractivity (Wildman–Crippen MR) is 54.2 cm³/mol. The first-order valence-corrected chi connectivity index (χ1v) is 6.86. The summed E-state index contributed by atoms with van der Waals surface area (Å²) in [6.45, 7) is 2.57. The molecule has 0 radical (unpaired) electrons. The van der Waals surface area contributed by atoms with Crippen LogP contribution in [0.3, 0.4) is 0 Å². The van der Waals surface area contributed by atoms with Gasteiger partial charge in [0.25, 0.3) is 0 Å². The zero-order valence-corrected chi connectivity index (χ0v) is 13.0. The van der Waals surface area contributed by atoms with E-state index in [4.69, 9.17) is 4.43 Å². The zero-order chi connectivity index (χ0) is 10.6. The summed E-state index contributed by atoms with van der Waals surface area (Å²) in [5.41, 5.74) is 0. The smallest absolute Gasteiger partial charge is 0.744 e. The molecule has 0 atom stereocenters. The van der Waals surface area contributed by atoms with Crippen molar-refractivity contribution >= 4 is 25.1 Å². The molecule has 78 valence electrons. The molecule has 0 aliphatic rings. The van der Waals surface area contributed by atoms with E-state index in [0.717, 1.165) is 5.19 Å². The summed E-state index contributed by atoms with van der Waals surface area (Å²) in [5, 5.41) is 0.985. The third-order valence-corrected chi connectivity index (χ3v) is 3.95. The monoisotopic (exact) mass is 254 g/mol. The molecule has 0 fully saturated rings. The van der Waals surface area contributed by atoms with Crippen LogP contribution in [0, 0.1) is 0 Å². The molecule has 0 spiro atoms. The summed E-state index contributed by atoms with van der Waals surface area (Å²) in [5.74, 6) is 0. The van der Waals surface area contributed by atoms with Crippen LogP contribution in [0.2, 0.25) is 0 Å². The van der Waals surface area contributed by atoms with Crippen LogP contribution in [0.4, 0.5) is 0 Å². The topological polar surface area (TPSA) is 66.4 Å². The first-order chi connectivity index (χ1) is 6.54. The maximum atomic E-state index is 10.6. The molecule has 7 heteroatoms. The molecule has 0 aromatic heterocycles. The van der Waals surface area contributed by atoms with Gasteiger partial charge in [0, 0.05) is 6.61 Å². The van der Waals surface area contributed by atoms with E-state index in [1.165, 1.54) is 12.1 Å². The van der Waals surface area contributed by atoms with Crippen molar-refractivity contribution in [1.29, 1.82) is 0 Å². The number of hydrogen-bond acceptors (Lipinski definition) is 4. The molecule has 0 unspecified atom stereocenters. The van der Waals surface area contributed by atoms with E-state index in [1.807, 2.05) is 6.92 Å². The van der Waals surface area contributed by atoms with Gasteiger partial charge in [-0.2, -0.15) is 0 Å². The molecule has 0 saturated carbocycles. The summed E-state index contributed by atoms with van der Waals surface area (Å²) in [6, 6.07) is 5.91. The van der Waals surface area contributed by atoms with Crippen molar-refractivity contribution in [2.24, 2.45) is 0 Å². The molecular formula is C8H11NaO4SSi. The predicted octanol–water partition coefficient (Wildman–Crippen LogP) is -3.66. The van der Waals surface area contributed by atoms with Gasteiger partial charge in [0.2, 0.25) is 0 Å². The van der Waals surface area contributed by atoms with Crippen molar-refractivity contribution < 1.29 is 47.0 Å². The zero-order valence-electron chi connectivity index (χ0n) is 8.76. The normalized spacial score (nSPS) is 11.6. The third-order valence-electron chi connectivity index (χ3n) is 1.68. The molecule has 0 bridgehead atoms. The Kier molecular flexibility index (Phi) is 6.94. The molecule has 0 amide bonds. The van der Waals surface area contributed by atoms with Gasteiger partial charge >= 0.3 is 29.6 Å². The number of hydrogen-bond donors (Lipinski definition) is 0. The molecule has 1 aromatic carbocycles. The molecule has 4 nitrogen and oxygen atoms in total. The van der Waals surface area contributed by atoms with Gasteiger partial charge in [-0.1, -0.05) is 12.1 Å². The van der Waals surface area contributed by atoms with Gasteiger partial charge in [0.1, 0.15) is 10.1 Å². The summed E-state index contributed by atoms with van der Waals surface area (Å²) in [6.07, 6.45) is 0. The van der Waals surface area contributed by atoms with E-state index in [1.54, 1.807) is 12.1 Å². The van der Waals surface area contributed by atoms with Gasteiger partial charge in [-0.25, -0.2) is 8.42 Å². The first kappa shape index (κ1) is 15.3. The second kappa shape index (κ2) is 6.80. The van der Waals surface area contributed by atoms with Crippen molar-refractivity contribution in [3.8, 4) is 0 Å². The minimum atomic E-state index is -4.32. The molecule has 1 aromatic rings. The van der Waals surface area contributed by atoms with Crippen LogP contribution in [0.15, 0.2) is 29.2 Å². The van der Waals surface area contributed by atoms with Gasteiger partial charge in [-0.15, -0.1) is 0 Å². The standard InChI is InChI=1S/C8H12O4SSi.Na/c1-2-12-14-8-5-3-7(4-6-8)13(9,10)11;/h3-6H,2,14H2,1H3,(H,9,10,11);/q;+1/p-1. The molecule has 0 heterocycles. The fourth-order valence-corrected chi connectivity index (χ4v) is 2.31. The van der Waals surface area contributed by atoms with Crippen LogP contribution in [0.5, 0.6) is 0 Å². The van der Waals surface area contributed by atoms with Crippen LogP contribution < -0.4 is 34.7 Å². The Hall–Kier alpha value is 0.307. The van der Waals surface area contributed by atoms with Crippen molar-refractivity contribution in [2.75, 3.05) is 6.61 Å². The SMILES string of the molecule is CCO[SiH2]c1ccc(S(=O)(=O)[O-])cc1.[Na+]. The molecule has 0 aliphatic heterocycles. The van der Waals surface area contributed by atoms with Crippen LogP contribution >= 0.6 is 0 Å². The summed E-state index contributed by atoms with van der Waals surface area (Å²) >= 11 is 0. The van der Waals surface area contributed by atoms with Gasteiger partial charge in [0.15, 0.2) is 9.76 Å². The maximum Gasteiger partial charge on any atom is 1.00 e. The second-order valence-electron chi connectivity index (χ2n) is 2.74. The van der Waals surface area contributed by atoms with E-state index in [2.05, 4.69) is 0 Å². The average Bonchev–Trinajstić information content (AvgIpc) is 2.14. The minimum absolute atomic E-state index is 0. The van der Waals surface area contributed by atoms with Gasteiger partial charge < -0.3 is 8.98 Å². The van der Waals surface area contributed by atoms with Crippen LogP contribution in [-0.4, -0.2) is 29.3 Å². The minimum Gasteiger partial charge on any atom is -0.744 e. The Balaban J connectivity index is 0.00000196. The largest absolute Gasteiger partial charge is 1.00 e. The van der Waals surface area contributed by atoms with E-state index in [9.17, 15) is 13.0 Å². The number of rotatable bonds is 4. The van der Waals surface area contributed by atoms with Gasteiger partial charge in [-0.3, -0.25) is 0 Å². The van der Waals surface area contributed by atoms with Crippen LogP contribution in [0.1, 0.15) is 6.92 Å².